The normalized spacial score (nSPS) is 19.2. The van der Waals surface area contributed by atoms with Crippen LogP contribution in [0.2, 0.25) is 0 Å². The lowest BCUT2D eigenvalue weighted by molar-refractivity contribution is 0.0322. The Morgan fingerprint density at radius 3 is 3.00 bits per heavy atom. The van der Waals surface area contributed by atoms with Crippen LogP contribution in [0.15, 0.2) is 42.9 Å². The molecular weight excluding hydrogens is 444 g/mol. The number of hydrogen-bond acceptors (Lipinski definition) is 9. The van der Waals surface area contributed by atoms with Crippen LogP contribution in [0.5, 0.6) is 5.75 Å². The summed E-state index contributed by atoms with van der Waals surface area (Å²) in [5.41, 5.74) is 9.58. The smallest absolute Gasteiger partial charge is 0.140 e. The molecule has 0 aromatic carbocycles. The van der Waals surface area contributed by atoms with Crippen LogP contribution in [-0.4, -0.2) is 84.1 Å². The van der Waals surface area contributed by atoms with Crippen molar-refractivity contribution >= 4 is 23.3 Å². The second kappa shape index (κ2) is 10.9. The molecule has 2 aliphatic rings. The first-order chi connectivity index (χ1) is 17.2. The van der Waals surface area contributed by atoms with Gasteiger partial charge in [0.05, 0.1) is 30.8 Å². The summed E-state index contributed by atoms with van der Waals surface area (Å²) in [5, 5.41) is 14.7. The highest BCUT2D eigenvalue weighted by Crippen LogP contribution is 2.30. The number of imidazole rings is 1. The number of ether oxygens (including phenoxy) is 2. The predicted molar refractivity (Wildman–Crippen MR) is 137 cm³/mol. The van der Waals surface area contributed by atoms with Crippen molar-refractivity contribution < 1.29 is 9.47 Å². The molecule has 1 atom stereocenters. The average molecular weight is 477 g/mol. The minimum absolute atomic E-state index is 0.383. The number of hydrogen-bond donors (Lipinski definition) is 4. The zero-order valence-electron chi connectivity index (χ0n) is 19.7. The van der Waals surface area contributed by atoms with Gasteiger partial charge in [-0.2, -0.15) is 0 Å². The number of nitrogens with two attached hydrogens (primary N) is 1. The Kier molecular flexibility index (Phi) is 7.22. The third kappa shape index (κ3) is 5.29. The van der Waals surface area contributed by atoms with Gasteiger partial charge < -0.3 is 31.3 Å². The molecule has 35 heavy (non-hydrogen) atoms. The molecule has 3 aromatic rings. The lowest BCUT2D eigenvalue weighted by Crippen LogP contribution is -2.38. The van der Waals surface area contributed by atoms with E-state index in [9.17, 15) is 0 Å². The number of aromatic nitrogens is 3. The quantitative estimate of drug-likeness (QED) is 0.345. The summed E-state index contributed by atoms with van der Waals surface area (Å²) in [5.74, 6) is 1.50. The maximum absolute atomic E-state index is 7.85. The summed E-state index contributed by atoms with van der Waals surface area (Å²) in [7, 11) is 0. The topological polar surface area (TPSA) is 126 Å². The molecule has 0 bridgehead atoms. The Morgan fingerprint density at radius 1 is 1.34 bits per heavy atom. The van der Waals surface area contributed by atoms with Crippen molar-refractivity contribution in [2.45, 2.75) is 12.5 Å². The molecule has 1 unspecified atom stereocenters. The van der Waals surface area contributed by atoms with Crippen molar-refractivity contribution in [3.8, 4) is 17.1 Å². The SMILES string of the molecule is N=CC(=CN)c1cn2c(-c3cccc(NC4CCNC4)n3)cnc2cc1OCCN1CCOCC1. The van der Waals surface area contributed by atoms with Gasteiger partial charge in [-0.05, 0) is 25.1 Å². The van der Waals surface area contributed by atoms with Gasteiger partial charge in [-0.25, -0.2) is 9.97 Å². The number of pyridine rings is 2. The molecule has 184 valence electrons. The predicted octanol–water partition coefficient (Wildman–Crippen LogP) is 1.83. The Morgan fingerprint density at radius 2 is 2.23 bits per heavy atom. The third-order valence-corrected chi connectivity index (χ3v) is 6.45. The molecule has 2 fully saturated rings. The highest BCUT2D eigenvalue weighted by molar-refractivity contribution is 6.09. The highest BCUT2D eigenvalue weighted by Gasteiger charge is 2.17. The van der Waals surface area contributed by atoms with Gasteiger partial charge in [0.25, 0.3) is 0 Å². The van der Waals surface area contributed by atoms with Crippen molar-refractivity contribution in [3.63, 3.8) is 0 Å². The molecule has 10 nitrogen and oxygen atoms in total. The summed E-state index contributed by atoms with van der Waals surface area (Å²) < 4.78 is 13.6. The Bertz CT molecular complexity index is 1200. The molecular formula is C25H32N8O2. The van der Waals surface area contributed by atoms with Gasteiger partial charge in [-0.3, -0.25) is 9.30 Å². The largest absolute Gasteiger partial charge is 0.491 e. The van der Waals surface area contributed by atoms with Gasteiger partial charge in [-0.1, -0.05) is 6.07 Å². The zero-order valence-corrected chi connectivity index (χ0v) is 19.7. The number of anilines is 1. The van der Waals surface area contributed by atoms with Gasteiger partial charge in [0.2, 0.25) is 0 Å². The van der Waals surface area contributed by atoms with Gasteiger partial charge in [0, 0.05) is 68.0 Å². The number of rotatable bonds is 9. The van der Waals surface area contributed by atoms with Crippen LogP contribution < -0.4 is 21.1 Å². The van der Waals surface area contributed by atoms with Crippen molar-refractivity contribution in [1.82, 2.24) is 24.6 Å². The molecule has 0 saturated carbocycles. The first-order valence-electron chi connectivity index (χ1n) is 12.1. The maximum Gasteiger partial charge on any atom is 0.140 e. The number of morpholine rings is 1. The number of fused-ring (bicyclic) bond motifs is 1. The van der Waals surface area contributed by atoms with E-state index >= 15 is 0 Å². The molecule has 2 aliphatic heterocycles. The summed E-state index contributed by atoms with van der Waals surface area (Å²) in [6.07, 6.45) is 7.49. The maximum atomic E-state index is 7.85. The molecule has 3 aromatic heterocycles. The van der Waals surface area contributed by atoms with E-state index in [0.29, 0.717) is 24.0 Å². The number of nitrogens with one attached hydrogen (secondary N) is 3. The van der Waals surface area contributed by atoms with Crippen molar-refractivity contribution in [1.29, 1.82) is 5.41 Å². The molecule has 10 heteroatoms. The monoisotopic (exact) mass is 476 g/mol. The average Bonchev–Trinajstić information content (AvgIpc) is 3.55. The third-order valence-electron chi connectivity index (χ3n) is 6.45. The van der Waals surface area contributed by atoms with E-state index in [1.165, 1.54) is 12.4 Å². The first-order valence-corrected chi connectivity index (χ1v) is 12.1. The van der Waals surface area contributed by atoms with E-state index in [0.717, 1.165) is 80.8 Å². The van der Waals surface area contributed by atoms with E-state index in [1.54, 1.807) is 0 Å². The van der Waals surface area contributed by atoms with Crippen LogP contribution in [0.25, 0.3) is 22.6 Å². The number of nitrogens with zero attached hydrogens (tertiary/aromatic N) is 4. The summed E-state index contributed by atoms with van der Waals surface area (Å²) >= 11 is 0. The molecule has 0 amide bonds. The summed E-state index contributed by atoms with van der Waals surface area (Å²) in [6.45, 7) is 6.62. The van der Waals surface area contributed by atoms with Crippen LogP contribution in [0.4, 0.5) is 5.82 Å². The lowest BCUT2D eigenvalue weighted by Gasteiger charge is -2.26. The van der Waals surface area contributed by atoms with Crippen LogP contribution >= 0.6 is 0 Å². The zero-order chi connectivity index (χ0) is 24.0. The molecule has 0 radical (unpaired) electrons. The van der Waals surface area contributed by atoms with E-state index in [4.69, 9.17) is 25.6 Å². The lowest BCUT2D eigenvalue weighted by atomic mass is 10.1. The van der Waals surface area contributed by atoms with E-state index in [1.807, 2.05) is 41.1 Å². The Labute approximate surface area is 204 Å². The van der Waals surface area contributed by atoms with Crippen LogP contribution in [0, 0.1) is 5.41 Å². The van der Waals surface area contributed by atoms with Crippen LogP contribution in [-0.2, 0) is 4.74 Å². The number of allylic oxidation sites excluding steroid dienone is 1. The standard InChI is InChI=1S/C25H32N8O2/c26-13-18(14-27)20-17-33-22(21-2-1-3-24(31-21)30-19-4-5-28-15-19)16-29-25(33)12-23(20)35-11-8-32-6-9-34-10-7-32/h1-3,12-14,16-17,19,26,28H,4-11,15,27H2,(H,30,31). The molecule has 0 spiro atoms. The Balaban J connectivity index is 1.42. The molecule has 5 heterocycles. The molecule has 5 rings (SSSR count). The van der Waals surface area contributed by atoms with E-state index in [2.05, 4.69) is 20.5 Å². The van der Waals surface area contributed by atoms with E-state index < -0.39 is 0 Å². The van der Waals surface area contributed by atoms with Gasteiger partial charge in [0.15, 0.2) is 0 Å². The summed E-state index contributed by atoms with van der Waals surface area (Å²) in [4.78, 5) is 11.8. The minimum atomic E-state index is 0.383. The van der Waals surface area contributed by atoms with Crippen molar-refractivity contribution in [3.05, 3.63) is 48.4 Å². The van der Waals surface area contributed by atoms with Gasteiger partial charge >= 0.3 is 0 Å². The minimum Gasteiger partial charge on any atom is -0.491 e. The van der Waals surface area contributed by atoms with Gasteiger partial charge in [-0.15, -0.1) is 0 Å². The highest BCUT2D eigenvalue weighted by atomic mass is 16.5. The molecule has 5 N–H and O–H groups in total. The first kappa shape index (κ1) is 23.3. The van der Waals surface area contributed by atoms with Crippen molar-refractivity contribution in [2.75, 3.05) is 57.9 Å². The van der Waals surface area contributed by atoms with Crippen LogP contribution in [0.1, 0.15) is 12.0 Å². The van der Waals surface area contributed by atoms with Crippen molar-refractivity contribution in [2.24, 2.45) is 5.73 Å². The fraction of sp³-hybridized carbons (Fsp3) is 0.400. The summed E-state index contributed by atoms with van der Waals surface area (Å²) in [6, 6.07) is 8.25. The van der Waals surface area contributed by atoms with E-state index in [-0.39, 0.29) is 0 Å². The molecule has 0 aliphatic carbocycles. The fourth-order valence-corrected chi connectivity index (χ4v) is 4.50. The van der Waals surface area contributed by atoms with Gasteiger partial charge in [0.1, 0.15) is 23.8 Å². The second-order valence-corrected chi connectivity index (χ2v) is 8.73. The fourth-order valence-electron chi connectivity index (χ4n) is 4.50. The Hall–Kier alpha value is -3.47. The molecule has 2 saturated heterocycles. The van der Waals surface area contributed by atoms with Crippen LogP contribution in [0.3, 0.4) is 0 Å². The second-order valence-electron chi connectivity index (χ2n) is 8.73.